The number of aromatic amines is 2. The van der Waals surface area contributed by atoms with E-state index in [1.165, 1.54) is 10.9 Å². The Labute approximate surface area is 174 Å². The highest BCUT2D eigenvalue weighted by Gasteiger charge is 2.37. The number of nitrogens with zero attached hydrogens (tertiary/aromatic N) is 3. The number of aromatic nitrogens is 4. The molecule has 1 amide bonds. The van der Waals surface area contributed by atoms with E-state index in [2.05, 4.69) is 38.4 Å². The van der Waals surface area contributed by atoms with Crippen molar-refractivity contribution in [3.8, 4) is 0 Å². The summed E-state index contributed by atoms with van der Waals surface area (Å²) in [4.78, 5) is 23.9. The van der Waals surface area contributed by atoms with Crippen LogP contribution in [-0.2, 0) is 19.3 Å². The molecule has 6 nitrogen and oxygen atoms in total. The Balaban J connectivity index is 1.48. The zero-order valence-electron chi connectivity index (χ0n) is 16.7. The highest BCUT2D eigenvalue weighted by atomic mass is 16.2. The molecule has 0 spiro atoms. The maximum atomic E-state index is 13.7. The van der Waals surface area contributed by atoms with E-state index >= 15 is 0 Å². The largest absolute Gasteiger partial charge is 0.356 e. The molecule has 2 aliphatic rings. The van der Waals surface area contributed by atoms with Gasteiger partial charge in [0.1, 0.15) is 6.04 Å². The van der Waals surface area contributed by atoms with Gasteiger partial charge >= 0.3 is 0 Å². The fourth-order valence-corrected chi connectivity index (χ4v) is 5.10. The topological polar surface area (TPSA) is 77.7 Å². The standard InChI is InChI=1S/C24H23N5O/c30-24(22-17-8-2-4-10-19(17)27-28-22)29-14-12-16-15-7-1-3-9-18(15)26-21(16)23(29)20-11-5-6-13-25-20/h1,3,5-7,9,11,13,23,26H,2,4,8,10,12,14H2,(H,27,28). The first kappa shape index (κ1) is 17.4. The molecule has 0 fully saturated rings. The van der Waals surface area contributed by atoms with Crippen LogP contribution in [0.2, 0.25) is 0 Å². The van der Waals surface area contributed by atoms with E-state index in [1.54, 1.807) is 6.20 Å². The average molecular weight is 397 g/mol. The van der Waals surface area contributed by atoms with Gasteiger partial charge in [0.15, 0.2) is 5.69 Å². The summed E-state index contributed by atoms with van der Waals surface area (Å²) in [5.74, 6) is -0.00522. The first-order valence-corrected chi connectivity index (χ1v) is 10.7. The summed E-state index contributed by atoms with van der Waals surface area (Å²) in [6.45, 7) is 0.649. The van der Waals surface area contributed by atoms with Crippen LogP contribution in [0.5, 0.6) is 0 Å². The number of amides is 1. The molecular weight excluding hydrogens is 374 g/mol. The number of hydrogen-bond donors (Lipinski definition) is 2. The second-order valence-corrected chi connectivity index (χ2v) is 8.20. The third-order valence-corrected chi connectivity index (χ3v) is 6.52. The molecule has 6 rings (SSSR count). The van der Waals surface area contributed by atoms with Crippen LogP contribution in [0, 0.1) is 0 Å². The number of nitrogens with one attached hydrogen (secondary N) is 2. The summed E-state index contributed by atoms with van der Waals surface area (Å²) in [5, 5.41) is 8.81. The first-order chi connectivity index (χ1) is 14.8. The van der Waals surface area contributed by atoms with Crippen LogP contribution < -0.4 is 0 Å². The quantitative estimate of drug-likeness (QED) is 0.538. The van der Waals surface area contributed by atoms with Crippen molar-refractivity contribution in [3.05, 3.63) is 82.6 Å². The van der Waals surface area contributed by atoms with Gasteiger partial charge in [0.25, 0.3) is 5.91 Å². The lowest BCUT2D eigenvalue weighted by Crippen LogP contribution is -2.41. The SMILES string of the molecule is O=C(c1n[nH]c2c1CCCC2)N1CCc2c([nH]c3ccccc23)C1c1ccccn1. The maximum absolute atomic E-state index is 13.7. The maximum Gasteiger partial charge on any atom is 0.275 e. The summed E-state index contributed by atoms with van der Waals surface area (Å²) in [7, 11) is 0. The van der Waals surface area contributed by atoms with Gasteiger partial charge in [-0.1, -0.05) is 24.3 Å². The van der Waals surface area contributed by atoms with Gasteiger partial charge < -0.3 is 9.88 Å². The van der Waals surface area contributed by atoms with Crippen LogP contribution >= 0.6 is 0 Å². The van der Waals surface area contributed by atoms with Gasteiger partial charge in [-0.05, 0) is 55.9 Å². The molecule has 30 heavy (non-hydrogen) atoms. The Morgan fingerprint density at radius 1 is 1.00 bits per heavy atom. The van der Waals surface area contributed by atoms with Crippen LogP contribution in [-0.4, -0.2) is 37.5 Å². The molecule has 0 bridgehead atoms. The molecule has 1 aliphatic heterocycles. The number of carbonyl (C=O) groups is 1. The Hall–Kier alpha value is -3.41. The van der Waals surface area contributed by atoms with Crippen LogP contribution in [0.1, 0.15) is 57.6 Å². The number of para-hydroxylation sites is 1. The summed E-state index contributed by atoms with van der Waals surface area (Å²) in [6, 6.07) is 14.0. The minimum atomic E-state index is -0.245. The number of pyridine rings is 1. The lowest BCUT2D eigenvalue weighted by molar-refractivity contribution is 0.0681. The summed E-state index contributed by atoms with van der Waals surface area (Å²) in [6.07, 6.45) is 6.79. The van der Waals surface area contributed by atoms with Crippen LogP contribution in [0.15, 0.2) is 48.7 Å². The summed E-state index contributed by atoms with van der Waals surface area (Å²) in [5.41, 5.74) is 7.16. The van der Waals surface area contributed by atoms with Crippen LogP contribution in [0.3, 0.4) is 0 Å². The van der Waals surface area contributed by atoms with Gasteiger partial charge in [-0.25, -0.2) is 0 Å². The number of benzene rings is 1. The number of H-pyrrole nitrogens is 2. The van der Waals surface area contributed by atoms with Crippen molar-refractivity contribution < 1.29 is 4.79 Å². The Bertz CT molecular complexity index is 1240. The Morgan fingerprint density at radius 3 is 2.77 bits per heavy atom. The van der Waals surface area contributed by atoms with E-state index in [-0.39, 0.29) is 11.9 Å². The number of hydrogen-bond acceptors (Lipinski definition) is 3. The van der Waals surface area contributed by atoms with Crippen molar-refractivity contribution >= 4 is 16.8 Å². The number of carbonyl (C=O) groups excluding carboxylic acids is 1. The predicted molar refractivity (Wildman–Crippen MR) is 114 cm³/mol. The Morgan fingerprint density at radius 2 is 1.87 bits per heavy atom. The molecule has 4 heterocycles. The highest BCUT2D eigenvalue weighted by Crippen LogP contribution is 2.38. The average Bonchev–Trinajstić information content (AvgIpc) is 3.40. The zero-order valence-corrected chi connectivity index (χ0v) is 16.7. The minimum Gasteiger partial charge on any atom is -0.356 e. The second-order valence-electron chi connectivity index (χ2n) is 8.20. The lowest BCUT2D eigenvalue weighted by Gasteiger charge is -2.35. The van der Waals surface area contributed by atoms with Gasteiger partial charge in [-0.15, -0.1) is 0 Å². The van der Waals surface area contributed by atoms with Crippen molar-refractivity contribution in [2.75, 3.05) is 6.54 Å². The van der Waals surface area contributed by atoms with Crippen LogP contribution in [0.25, 0.3) is 10.9 Å². The second kappa shape index (κ2) is 6.83. The minimum absolute atomic E-state index is 0.00522. The van der Waals surface area contributed by atoms with E-state index in [0.717, 1.165) is 60.3 Å². The van der Waals surface area contributed by atoms with Gasteiger partial charge in [0.2, 0.25) is 0 Å². The molecule has 2 N–H and O–H groups in total. The van der Waals surface area contributed by atoms with Gasteiger partial charge in [0.05, 0.1) is 5.69 Å². The van der Waals surface area contributed by atoms with Crippen molar-refractivity contribution in [1.82, 2.24) is 25.1 Å². The molecule has 4 aromatic rings. The van der Waals surface area contributed by atoms with Gasteiger partial charge in [0, 0.05) is 40.6 Å². The molecule has 0 saturated carbocycles. The molecule has 1 unspecified atom stereocenters. The van der Waals surface area contributed by atoms with Crippen molar-refractivity contribution in [2.24, 2.45) is 0 Å². The van der Waals surface area contributed by atoms with E-state index < -0.39 is 0 Å². The molecule has 150 valence electrons. The fourth-order valence-electron chi connectivity index (χ4n) is 5.10. The summed E-state index contributed by atoms with van der Waals surface area (Å²) >= 11 is 0. The Kier molecular flexibility index (Phi) is 3.97. The third-order valence-electron chi connectivity index (χ3n) is 6.52. The number of aryl methyl sites for hydroxylation is 1. The van der Waals surface area contributed by atoms with Crippen molar-refractivity contribution in [1.29, 1.82) is 0 Å². The molecule has 6 heteroatoms. The van der Waals surface area contributed by atoms with Gasteiger partial charge in [-0.2, -0.15) is 5.10 Å². The zero-order chi connectivity index (χ0) is 20.1. The highest BCUT2D eigenvalue weighted by molar-refractivity contribution is 5.95. The van der Waals surface area contributed by atoms with E-state index in [1.807, 2.05) is 29.2 Å². The lowest BCUT2D eigenvalue weighted by atomic mass is 9.92. The normalized spacial score (nSPS) is 18.3. The summed E-state index contributed by atoms with van der Waals surface area (Å²) < 4.78 is 0. The van der Waals surface area contributed by atoms with E-state index in [9.17, 15) is 4.79 Å². The molecule has 0 saturated heterocycles. The molecule has 1 aromatic carbocycles. The van der Waals surface area contributed by atoms with Gasteiger partial charge in [-0.3, -0.25) is 14.9 Å². The number of rotatable bonds is 2. The molecule has 3 aromatic heterocycles. The predicted octanol–water partition coefficient (Wildman–Crippen LogP) is 3.95. The molecule has 0 radical (unpaired) electrons. The smallest absolute Gasteiger partial charge is 0.275 e. The number of fused-ring (bicyclic) bond motifs is 4. The monoisotopic (exact) mass is 397 g/mol. The first-order valence-electron chi connectivity index (χ1n) is 10.7. The third kappa shape index (κ3) is 2.60. The molecule has 1 atom stereocenters. The van der Waals surface area contributed by atoms with E-state index in [0.29, 0.717) is 12.2 Å². The molecular formula is C24H23N5O. The van der Waals surface area contributed by atoms with Crippen molar-refractivity contribution in [2.45, 2.75) is 38.1 Å². The molecule has 1 aliphatic carbocycles. The van der Waals surface area contributed by atoms with Crippen molar-refractivity contribution in [3.63, 3.8) is 0 Å². The van der Waals surface area contributed by atoms with E-state index in [4.69, 9.17) is 0 Å². The fraction of sp³-hybridized carbons (Fsp3) is 0.292. The van der Waals surface area contributed by atoms with Crippen LogP contribution in [0.4, 0.5) is 0 Å².